The van der Waals surface area contributed by atoms with Crippen molar-refractivity contribution in [3.63, 3.8) is 0 Å². The van der Waals surface area contributed by atoms with Crippen molar-refractivity contribution in [1.82, 2.24) is 0 Å². The Hall–Kier alpha value is -1.58. The Balaban J connectivity index is 2.08. The number of carbonyl (C=O) groups excluding carboxylic acids is 2. The summed E-state index contributed by atoms with van der Waals surface area (Å²) in [6.07, 6.45) is 12.2. The molecule has 0 N–H and O–H groups in total. The van der Waals surface area contributed by atoms with Crippen LogP contribution in [0.25, 0.3) is 0 Å². The minimum atomic E-state index is -1.20. The van der Waals surface area contributed by atoms with E-state index in [1.807, 2.05) is 6.08 Å². The van der Waals surface area contributed by atoms with Gasteiger partial charge in [0.1, 0.15) is 0 Å². The van der Waals surface area contributed by atoms with Crippen LogP contribution in [-0.2, 0) is 19.1 Å². The summed E-state index contributed by atoms with van der Waals surface area (Å²) in [5.74, 6) is 1.01. The summed E-state index contributed by atoms with van der Waals surface area (Å²) in [5.41, 5.74) is -1.36. The molecule has 0 spiro atoms. The van der Waals surface area contributed by atoms with Gasteiger partial charge in [-0.25, -0.2) is 0 Å². The zero-order valence-electron chi connectivity index (χ0n) is 18.1. The number of rotatable bonds is 5. The molecule has 0 radical (unpaired) electrons. The van der Waals surface area contributed by atoms with E-state index in [2.05, 4.69) is 39.5 Å². The fourth-order valence-corrected chi connectivity index (χ4v) is 7.21. The Kier molecular flexibility index (Phi) is 5.55. The molecular formula is C24H36O4. The highest BCUT2D eigenvalue weighted by Gasteiger charge is 2.68. The number of fused-ring (bicyclic) bond motifs is 3. The van der Waals surface area contributed by atoms with Crippen LogP contribution >= 0.6 is 0 Å². The molecule has 0 heterocycles. The third kappa shape index (κ3) is 2.86. The Morgan fingerprint density at radius 1 is 1.18 bits per heavy atom. The number of esters is 2. The summed E-state index contributed by atoms with van der Waals surface area (Å²) in [7, 11) is 2.74. The van der Waals surface area contributed by atoms with Gasteiger partial charge in [-0.3, -0.25) is 9.59 Å². The first-order valence-electron chi connectivity index (χ1n) is 10.7. The molecular weight excluding hydrogens is 352 g/mol. The van der Waals surface area contributed by atoms with Crippen LogP contribution < -0.4 is 0 Å². The summed E-state index contributed by atoms with van der Waals surface area (Å²) in [6.45, 7) is 10.9. The van der Waals surface area contributed by atoms with Gasteiger partial charge in [0.2, 0.25) is 0 Å². The lowest BCUT2D eigenvalue weighted by Gasteiger charge is -2.59. The third-order valence-electron chi connectivity index (χ3n) is 8.54. The minimum Gasteiger partial charge on any atom is -0.468 e. The van der Waals surface area contributed by atoms with Crippen molar-refractivity contribution in [3.8, 4) is 0 Å². The molecule has 0 aliphatic heterocycles. The molecule has 2 fully saturated rings. The zero-order valence-corrected chi connectivity index (χ0v) is 18.1. The van der Waals surface area contributed by atoms with E-state index in [1.165, 1.54) is 27.1 Å². The maximum absolute atomic E-state index is 12.8. The van der Waals surface area contributed by atoms with Crippen LogP contribution in [0.15, 0.2) is 24.8 Å². The molecule has 4 nitrogen and oxygen atoms in total. The molecule has 0 aromatic rings. The van der Waals surface area contributed by atoms with Crippen molar-refractivity contribution in [2.75, 3.05) is 14.2 Å². The Morgan fingerprint density at radius 2 is 1.82 bits per heavy atom. The maximum atomic E-state index is 12.8. The van der Waals surface area contributed by atoms with Crippen LogP contribution in [0.5, 0.6) is 0 Å². The van der Waals surface area contributed by atoms with Gasteiger partial charge in [0.05, 0.1) is 14.2 Å². The summed E-state index contributed by atoms with van der Waals surface area (Å²) < 4.78 is 10.2. The van der Waals surface area contributed by atoms with Gasteiger partial charge in [-0.15, -0.1) is 6.58 Å². The van der Waals surface area contributed by atoms with Crippen LogP contribution in [0, 0.1) is 39.9 Å². The second kappa shape index (κ2) is 7.35. The van der Waals surface area contributed by atoms with E-state index < -0.39 is 17.4 Å². The largest absolute Gasteiger partial charge is 0.468 e. The van der Waals surface area contributed by atoms with Crippen molar-refractivity contribution in [3.05, 3.63) is 24.8 Å². The average molecular weight is 389 g/mol. The van der Waals surface area contributed by atoms with E-state index in [9.17, 15) is 9.59 Å². The highest BCUT2D eigenvalue weighted by Crippen LogP contribution is 2.69. The molecule has 0 saturated heterocycles. The van der Waals surface area contributed by atoms with Gasteiger partial charge in [-0.1, -0.05) is 39.0 Å². The lowest BCUT2D eigenvalue weighted by Crippen LogP contribution is -2.52. The molecule has 3 aliphatic carbocycles. The Bertz CT molecular complexity index is 664. The number of hydrogen-bond acceptors (Lipinski definition) is 4. The van der Waals surface area contributed by atoms with Crippen LogP contribution in [0.1, 0.15) is 59.3 Å². The van der Waals surface area contributed by atoms with Crippen molar-refractivity contribution < 1.29 is 19.1 Å². The molecule has 0 aromatic carbocycles. The first-order chi connectivity index (χ1) is 13.2. The van der Waals surface area contributed by atoms with Crippen LogP contribution in [0.2, 0.25) is 0 Å². The average Bonchev–Trinajstić information content (AvgIpc) is 3.02. The van der Waals surface area contributed by atoms with Crippen LogP contribution in [-0.4, -0.2) is 26.2 Å². The molecule has 3 rings (SSSR count). The van der Waals surface area contributed by atoms with Gasteiger partial charge in [-0.2, -0.15) is 0 Å². The molecule has 4 heteroatoms. The first-order valence-corrected chi connectivity index (χ1v) is 10.7. The number of allylic oxidation sites excluding steroid dienone is 3. The van der Waals surface area contributed by atoms with Gasteiger partial charge >= 0.3 is 11.9 Å². The quantitative estimate of drug-likeness (QED) is 0.380. The van der Waals surface area contributed by atoms with Crippen LogP contribution in [0.4, 0.5) is 0 Å². The zero-order chi connectivity index (χ0) is 20.7. The van der Waals surface area contributed by atoms with Gasteiger partial charge in [0.15, 0.2) is 5.41 Å². The molecule has 28 heavy (non-hydrogen) atoms. The molecule has 0 unspecified atom stereocenters. The lowest BCUT2D eigenvalue weighted by atomic mass is 9.46. The minimum absolute atomic E-state index is 0.0496. The molecule has 3 aliphatic rings. The number of carbonyl (C=O) groups is 2. The van der Waals surface area contributed by atoms with E-state index in [0.29, 0.717) is 30.6 Å². The van der Waals surface area contributed by atoms with E-state index in [1.54, 1.807) is 0 Å². The standard InChI is InChI=1S/C24H36O4/c1-7-8-9-18-16(2)10-11-17-12-13-22(3)15-24(20(25)27-5,21(26)28-6)14-19(22)23(17,18)4/h7,12-13,16-19H,1,8-11,14-15H2,2-6H3/t16-,17+,18+,19+,22-,23+/m0/s1. The highest BCUT2D eigenvalue weighted by molar-refractivity contribution is 6.00. The maximum Gasteiger partial charge on any atom is 0.323 e. The van der Waals surface area contributed by atoms with Crippen LogP contribution in [0.3, 0.4) is 0 Å². The SMILES string of the molecule is C=CCC[C@@H]1[C@@H](C)CC[C@@H]2C=C[C@@]3(C)CC(C(=O)OC)(C(=O)OC)C[C@H]3[C@@]12C. The number of ether oxygens (including phenoxy) is 2. The predicted octanol–water partition coefficient (Wildman–Crippen LogP) is 4.94. The summed E-state index contributed by atoms with van der Waals surface area (Å²) in [4.78, 5) is 25.7. The van der Waals surface area contributed by atoms with Crippen molar-refractivity contribution in [2.24, 2.45) is 39.9 Å². The first kappa shape index (κ1) is 21.1. The van der Waals surface area contributed by atoms with Crippen molar-refractivity contribution in [2.45, 2.75) is 59.3 Å². The fourth-order valence-electron chi connectivity index (χ4n) is 7.21. The van der Waals surface area contributed by atoms with Crippen molar-refractivity contribution >= 4 is 11.9 Å². The number of methoxy groups -OCH3 is 2. The lowest BCUT2D eigenvalue weighted by molar-refractivity contribution is -0.169. The second-order valence-corrected chi connectivity index (χ2v) is 9.86. The third-order valence-corrected chi connectivity index (χ3v) is 8.54. The molecule has 0 amide bonds. The van der Waals surface area contributed by atoms with E-state index in [4.69, 9.17) is 9.47 Å². The second-order valence-electron chi connectivity index (χ2n) is 9.86. The van der Waals surface area contributed by atoms with Gasteiger partial charge < -0.3 is 9.47 Å². The van der Waals surface area contributed by atoms with E-state index in [-0.39, 0.29) is 16.7 Å². The highest BCUT2D eigenvalue weighted by atomic mass is 16.5. The Morgan fingerprint density at radius 3 is 2.39 bits per heavy atom. The Labute approximate surface area is 169 Å². The number of hydrogen-bond donors (Lipinski definition) is 0. The summed E-state index contributed by atoms with van der Waals surface area (Å²) in [6, 6.07) is 0. The fraction of sp³-hybridized carbons (Fsp3) is 0.750. The van der Waals surface area contributed by atoms with Crippen molar-refractivity contribution in [1.29, 1.82) is 0 Å². The monoisotopic (exact) mass is 388 g/mol. The smallest absolute Gasteiger partial charge is 0.323 e. The van der Waals surface area contributed by atoms with Gasteiger partial charge in [-0.05, 0) is 73.0 Å². The van der Waals surface area contributed by atoms with Gasteiger partial charge in [0, 0.05) is 0 Å². The molecule has 0 bridgehead atoms. The predicted molar refractivity (Wildman–Crippen MR) is 109 cm³/mol. The topological polar surface area (TPSA) is 52.6 Å². The normalized spacial score (nSPS) is 40.9. The summed E-state index contributed by atoms with van der Waals surface area (Å²) >= 11 is 0. The molecule has 156 valence electrons. The van der Waals surface area contributed by atoms with E-state index in [0.717, 1.165) is 12.8 Å². The summed E-state index contributed by atoms with van der Waals surface area (Å²) in [5, 5.41) is 0. The molecule has 6 atom stereocenters. The molecule has 0 aromatic heterocycles. The van der Waals surface area contributed by atoms with Gasteiger partial charge in [0.25, 0.3) is 0 Å². The van der Waals surface area contributed by atoms with E-state index >= 15 is 0 Å². The molecule has 2 saturated carbocycles.